The average molecular weight is 315 g/mol. The van der Waals surface area contributed by atoms with Gasteiger partial charge < -0.3 is 10.2 Å². The van der Waals surface area contributed by atoms with E-state index in [2.05, 4.69) is 17.2 Å². The zero-order valence-corrected chi connectivity index (χ0v) is 13.7. The van der Waals surface area contributed by atoms with Crippen molar-refractivity contribution in [1.29, 1.82) is 0 Å². The summed E-state index contributed by atoms with van der Waals surface area (Å²) in [5.41, 5.74) is 1.04. The Labute approximate surface area is 125 Å². The molecule has 0 spiro atoms. The minimum atomic E-state index is -3.13. The summed E-state index contributed by atoms with van der Waals surface area (Å²) < 4.78 is 24.0. The van der Waals surface area contributed by atoms with E-state index < -0.39 is 15.2 Å². The van der Waals surface area contributed by atoms with E-state index in [-0.39, 0.29) is 6.04 Å². The van der Waals surface area contributed by atoms with Gasteiger partial charge in [-0.25, -0.2) is 13.4 Å². The average Bonchev–Trinajstić information content (AvgIpc) is 2.45. The van der Waals surface area contributed by atoms with Crippen molar-refractivity contribution in [2.24, 2.45) is 0 Å². The number of hydrogen-bond donors (Lipinski definition) is 1. The molecule has 20 heavy (non-hydrogen) atoms. The largest absolute Gasteiger partial charge is 0.338 e. The van der Waals surface area contributed by atoms with Gasteiger partial charge in [-0.2, -0.15) is 11.8 Å². The van der Waals surface area contributed by atoms with Crippen LogP contribution < -0.4 is 10.2 Å². The highest BCUT2D eigenvalue weighted by Crippen LogP contribution is 2.30. The Hall–Kier alpha value is -0.790. The molecule has 0 bridgehead atoms. The third kappa shape index (κ3) is 3.27. The summed E-state index contributed by atoms with van der Waals surface area (Å²) in [6, 6.07) is 4.03. The summed E-state index contributed by atoms with van der Waals surface area (Å²) in [5, 5.41) is 2.71. The Morgan fingerprint density at radius 1 is 1.55 bits per heavy atom. The summed E-state index contributed by atoms with van der Waals surface area (Å²) in [6.07, 6.45) is 3.03. The van der Waals surface area contributed by atoms with Crippen molar-refractivity contribution < 1.29 is 8.42 Å². The smallest absolute Gasteiger partial charge is 0.169 e. The Bertz CT molecular complexity index is 562. The van der Waals surface area contributed by atoms with Gasteiger partial charge in [0, 0.05) is 42.1 Å². The number of anilines is 1. The summed E-state index contributed by atoms with van der Waals surface area (Å²) in [5.74, 6) is 2.31. The number of sulfone groups is 1. The molecule has 1 aromatic rings. The molecular weight excluding hydrogens is 294 g/mol. The van der Waals surface area contributed by atoms with Crippen molar-refractivity contribution in [3.05, 3.63) is 23.9 Å². The van der Waals surface area contributed by atoms with Crippen molar-refractivity contribution in [2.75, 3.05) is 36.3 Å². The first-order chi connectivity index (χ1) is 9.45. The molecule has 0 radical (unpaired) electrons. The Balaban J connectivity index is 2.43. The summed E-state index contributed by atoms with van der Waals surface area (Å²) in [7, 11) is -1.24. The maximum Gasteiger partial charge on any atom is 0.169 e. The van der Waals surface area contributed by atoms with Gasteiger partial charge in [0.25, 0.3) is 0 Å². The predicted molar refractivity (Wildman–Crippen MR) is 85.0 cm³/mol. The van der Waals surface area contributed by atoms with Gasteiger partial charge in [-0.3, -0.25) is 0 Å². The van der Waals surface area contributed by atoms with E-state index in [0.29, 0.717) is 12.3 Å². The molecule has 1 aromatic heterocycles. The Morgan fingerprint density at radius 2 is 2.30 bits per heavy atom. The van der Waals surface area contributed by atoms with Crippen LogP contribution in [-0.4, -0.2) is 50.1 Å². The van der Waals surface area contributed by atoms with E-state index >= 15 is 0 Å². The predicted octanol–water partition coefficient (Wildman–Crippen LogP) is 1.29. The van der Waals surface area contributed by atoms with E-state index in [0.717, 1.165) is 17.1 Å². The minimum Gasteiger partial charge on any atom is -0.338 e. The minimum absolute atomic E-state index is 0.133. The van der Waals surface area contributed by atoms with Crippen molar-refractivity contribution in [2.45, 2.75) is 18.3 Å². The van der Waals surface area contributed by atoms with Crippen LogP contribution in [0.3, 0.4) is 0 Å². The van der Waals surface area contributed by atoms with E-state index in [9.17, 15) is 8.42 Å². The van der Waals surface area contributed by atoms with Crippen LogP contribution in [0.25, 0.3) is 0 Å². The van der Waals surface area contributed by atoms with Crippen molar-refractivity contribution >= 4 is 27.4 Å². The standard InChI is InChI=1S/C13H21N3O2S2/c1-10(14-2)11-5-4-6-15-13(11)16-7-8-19-9-12(16)20(3,17)18/h4-6,10,12,14H,7-9H2,1-3H3. The fourth-order valence-electron chi connectivity index (χ4n) is 2.32. The van der Waals surface area contributed by atoms with E-state index in [1.165, 1.54) is 6.26 Å². The van der Waals surface area contributed by atoms with Gasteiger partial charge >= 0.3 is 0 Å². The first-order valence-electron chi connectivity index (χ1n) is 6.60. The molecular formula is C13H21N3O2S2. The molecule has 112 valence electrons. The molecule has 2 atom stereocenters. The van der Waals surface area contributed by atoms with Gasteiger partial charge in [0.05, 0.1) is 0 Å². The molecule has 0 aliphatic carbocycles. The van der Waals surface area contributed by atoms with Gasteiger partial charge in [0.2, 0.25) is 0 Å². The van der Waals surface area contributed by atoms with E-state index in [1.54, 1.807) is 18.0 Å². The number of thioether (sulfide) groups is 1. The third-order valence-corrected chi connectivity index (χ3v) is 6.21. The van der Waals surface area contributed by atoms with E-state index in [1.807, 2.05) is 24.1 Å². The molecule has 2 unspecified atom stereocenters. The Kier molecular flexibility index (Phi) is 4.93. The molecule has 1 fully saturated rings. The highest BCUT2D eigenvalue weighted by molar-refractivity contribution is 8.01. The molecule has 0 saturated carbocycles. The monoisotopic (exact) mass is 315 g/mol. The first-order valence-corrected chi connectivity index (χ1v) is 9.71. The van der Waals surface area contributed by atoms with Gasteiger partial charge in [-0.15, -0.1) is 0 Å². The van der Waals surface area contributed by atoms with E-state index in [4.69, 9.17) is 0 Å². The van der Waals surface area contributed by atoms with Crippen LogP contribution in [-0.2, 0) is 9.84 Å². The normalized spacial score (nSPS) is 21.8. The van der Waals surface area contributed by atoms with Crippen molar-refractivity contribution in [1.82, 2.24) is 10.3 Å². The number of pyridine rings is 1. The molecule has 7 heteroatoms. The van der Waals surface area contributed by atoms with Crippen LogP contribution in [0.15, 0.2) is 18.3 Å². The molecule has 0 amide bonds. The quantitative estimate of drug-likeness (QED) is 0.903. The fraction of sp³-hybridized carbons (Fsp3) is 0.615. The number of hydrogen-bond acceptors (Lipinski definition) is 6. The van der Waals surface area contributed by atoms with Crippen LogP contribution in [0.5, 0.6) is 0 Å². The topological polar surface area (TPSA) is 62.3 Å². The molecule has 0 aromatic carbocycles. The zero-order valence-electron chi connectivity index (χ0n) is 12.0. The van der Waals surface area contributed by atoms with Crippen molar-refractivity contribution in [3.63, 3.8) is 0 Å². The highest BCUT2D eigenvalue weighted by Gasteiger charge is 2.33. The summed E-state index contributed by atoms with van der Waals surface area (Å²) >= 11 is 1.68. The van der Waals surface area contributed by atoms with Crippen LogP contribution in [0.1, 0.15) is 18.5 Å². The molecule has 5 nitrogen and oxygen atoms in total. The number of nitrogens with zero attached hydrogens (tertiary/aromatic N) is 2. The maximum atomic E-state index is 12.0. The Morgan fingerprint density at radius 3 is 2.95 bits per heavy atom. The SMILES string of the molecule is CNC(C)c1cccnc1N1CCSCC1S(C)(=O)=O. The summed E-state index contributed by atoms with van der Waals surface area (Å²) in [6.45, 7) is 2.76. The summed E-state index contributed by atoms with van der Waals surface area (Å²) in [4.78, 5) is 6.39. The lowest BCUT2D eigenvalue weighted by Crippen LogP contribution is -2.48. The third-order valence-electron chi connectivity index (χ3n) is 3.57. The zero-order chi connectivity index (χ0) is 14.8. The molecule has 1 N–H and O–H groups in total. The first kappa shape index (κ1) is 15.6. The molecule has 2 heterocycles. The fourth-order valence-corrected chi connectivity index (χ4v) is 5.14. The van der Waals surface area contributed by atoms with Crippen LogP contribution in [0.2, 0.25) is 0 Å². The highest BCUT2D eigenvalue weighted by atomic mass is 32.2. The second-order valence-corrected chi connectivity index (χ2v) is 8.33. The van der Waals surface area contributed by atoms with Crippen LogP contribution >= 0.6 is 11.8 Å². The second kappa shape index (κ2) is 6.32. The molecule has 1 aliphatic heterocycles. The van der Waals surface area contributed by atoms with Gasteiger partial charge in [-0.1, -0.05) is 6.07 Å². The molecule has 1 saturated heterocycles. The van der Waals surface area contributed by atoms with Gasteiger partial charge in [-0.05, 0) is 20.0 Å². The van der Waals surface area contributed by atoms with Crippen LogP contribution in [0.4, 0.5) is 5.82 Å². The number of aromatic nitrogens is 1. The number of rotatable bonds is 4. The maximum absolute atomic E-state index is 12.0. The van der Waals surface area contributed by atoms with Gasteiger partial charge in [0.15, 0.2) is 9.84 Å². The molecule has 2 rings (SSSR count). The molecule has 1 aliphatic rings. The van der Waals surface area contributed by atoms with Crippen molar-refractivity contribution in [3.8, 4) is 0 Å². The number of nitrogens with one attached hydrogen (secondary N) is 1. The van der Waals surface area contributed by atoms with Crippen LogP contribution in [0, 0.1) is 0 Å². The lowest BCUT2D eigenvalue weighted by molar-refractivity contribution is 0.581. The lowest BCUT2D eigenvalue weighted by Gasteiger charge is -2.36. The van der Waals surface area contributed by atoms with Gasteiger partial charge in [0.1, 0.15) is 11.2 Å². The lowest BCUT2D eigenvalue weighted by atomic mass is 10.1. The second-order valence-electron chi connectivity index (χ2n) is 4.98.